The van der Waals surface area contributed by atoms with Crippen molar-refractivity contribution in [2.75, 3.05) is 14.2 Å². The van der Waals surface area contributed by atoms with Crippen molar-refractivity contribution in [3.63, 3.8) is 0 Å². The lowest BCUT2D eigenvalue weighted by Crippen LogP contribution is -2.63. The first-order valence-electron chi connectivity index (χ1n) is 7.37. The van der Waals surface area contributed by atoms with E-state index in [0.29, 0.717) is 17.6 Å². The average molecular weight is 340 g/mol. The van der Waals surface area contributed by atoms with Crippen LogP contribution in [0.2, 0.25) is 0 Å². The van der Waals surface area contributed by atoms with Crippen molar-refractivity contribution in [2.45, 2.75) is 44.2 Å². The standard InChI is InChI=1S/C16H22BrNO2/c1-18-13-10-14(16(13)8-3-4-9-16)20-15-11(17)6-5-7-12(15)19-2/h5-7,13-14,18H,3-4,8-10H2,1-2H3. The summed E-state index contributed by atoms with van der Waals surface area (Å²) in [6.07, 6.45) is 6.58. The SMILES string of the molecule is CNC1CC(Oc2c(Br)cccc2OC)C12CCCC2. The van der Waals surface area contributed by atoms with E-state index in [1.54, 1.807) is 7.11 Å². The van der Waals surface area contributed by atoms with E-state index in [4.69, 9.17) is 9.47 Å². The first kappa shape index (κ1) is 14.2. The van der Waals surface area contributed by atoms with Crippen molar-refractivity contribution < 1.29 is 9.47 Å². The summed E-state index contributed by atoms with van der Waals surface area (Å²) in [7, 11) is 3.76. The molecule has 0 bridgehead atoms. The third-order valence-electron chi connectivity index (χ3n) is 5.08. The van der Waals surface area contributed by atoms with Crippen LogP contribution in [0.5, 0.6) is 11.5 Å². The number of benzene rings is 1. The van der Waals surface area contributed by atoms with Gasteiger partial charge >= 0.3 is 0 Å². The van der Waals surface area contributed by atoms with Crippen LogP contribution in [0, 0.1) is 5.41 Å². The third-order valence-corrected chi connectivity index (χ3v) is 5.70. The number of methoxy groups -OCH3 is 1. The minimum absolute atomic E-state index is 0.301. The van der Waals surface area contributed by atoms with Crippen molar-refractivity contribution in [1.82, 2.24) is 5.32 Å². The van der Waals surface area contributed by atoms with E-state index in [1.807, 2.05) is 18.2 Å². The maximum absolute atomic E-state index is 6.36. The molecule has 0 aliphatic heterocycles. The van der Waals surface area contributed by atoms with Crippen LogP contribution in [-0.4, -0.2) is 26.3 Å². The lowest BCUT2D eigenvalue weighted by molar-refractivity contribution is -0.0748. The van der Waals surface area contributed by atoms with Gasteiger partial charge in [-0.3, -0.25) is 0 Å². The van der Waals surface area contributed by atoms with Crippen molar-refractivity contribution in [2.24, 2.45) is 5.41 Å². The fourth-order valence-electron chi connectivity index (χ4n) is 3.93. The van der Waals surface area contributed by atoms with Gasteiger partial charge in [0.15, 0.2) is 11.5 Å². The molecule has 1 N–H and O–H groups in total. The number of ether oxygens (including phenoxy) is 2. The Hall–Kier alpha value is -0.740. The smallest absolute Gasteiger partial charge is 0.175 e. The number of hydrogen-bond donors (Lipinski definition) is 1. The second-order valence-electron chi connectivity index (χ2n) is 5.89. The van der Waals surface area contributed by atoms with Crippen LogP contribution in [0.3, 0.4) is 0 Å². The van der Waals surface area contributed by atoms with Crippen molar-refractivity contribution in [1.29, 1.82) is 0 Å². The molecular formula is C16H22BrNO2. The second-order valence-corrected chi connectivity index (χ2v) is 6.75. The molecule has 3 nitrogen and oxygen atoms in total. The topological polar surface area (TPSA) is 30.5 Å². The Balaban J connectivity index is 1.82. The summed E-state index contributed by atoms with van der Waals surface area (Å²) in [4.78, 5) is 0. The zero-order valence-electron chi connectivity index (χ0n) is 12.1. The quantitative estimate of drug-likeness (QED) is 0.905. The third kappa shape index (κ3) is 2.13. The highest BCUT2D eigenvalue weighted by Crippen LogP contribution is 2.55. The van der Waals surface area contributed by atoms with Crippen LogP contribution in [0.4, 0.5) is 0 Å². The van der Waals surface area contributed by atoms with E-state index in [9.17, 15) is 0 Å². The molecule has 0 radical (unpaired) electrons. The molecule has 0 aromatic heterocycles. The molecule has 1 aromatic carbocycles. The van der Waals surface area contributed by atoms with Gasteiger partial charge in [0.2, 0.25) is 0 Å². The fraction of sp³-hybridized carbons (Fsp3) is 0.625. The molecule has 2 aliphatic rings. The molecule has 2 unspecified atom stereocenters. The predicted molar refractivity (Wildman–Crippen MR) is 83.5 cm³/mol. The number of para-hydroxylation sites is 1. The molecule has 3 rings (SSSR count). The first-order chi connectivity index (χ1) is 9.71. The summed E-state index contributed by atoms with van der Waals surface area (Å²) in [6.45, 7) is 0. The Labute approximate surface area is 129 Å². The highest BCUT2D eigenvalue weighted by atomic mass is 79.9. The van der Waals surface area contributed by atoms with Gasteiger partial charge in [0, 0.05) is 17.9 Å². The van der Waals surface area contributed by atoms with Gasteiger partial charge in [0.05, 0.1) is 11.6 Å². The van der Waals surface area contributed by atoms with E-state index in [-0.39, 0.29) is 0 Å². The monoisotopic (exact) mass is 339 g/mol. The normalized spacial score (nSPS) is 27.4. The highest BCUT2D eigenvalue weighted by molar-refractivity contribution is 9.10. The fourth-order valence-corrected chi connectivity index (χ4v) is 4.37. The molecule has 2 saturated carbocycles. The Bertz CT molecular complexity index is 485. The summed E-state index contributed by atoms with van der Waals surface area (Å²) in [5.41, 5.74) is 0.328. The Morgan fingerprint density at radius 1 is 1.30 bits per heavy atom. The van der Waals surface area contributed by atoms with Gasteiger partial charge in [-0.05, 0) is 48.0 Å². The van der Waals surface area contributed by atoms with Gasteiger partial charge in [-0.15, -0.1) is 0 Å². The molecule has 4 heteroatoms. The van der Waals surface area contributed by atoms with Crippen molar-refractivity contribution in [3.05, 3.63) is 22.7 Å². The van der Waals surface area contributed by atoms with E-state index >= 15 is 0 Å². The van der Waals surface area contributed by atoms with Gasteiger partial charge in [-0.2, -0.15) is 0 Å². The summed E-state index contributed by atoms with van der Waals surface area (Å²) in [5, 5.41) is 3.47. The average Bonchev–Trinajstić information content (AvgIpc) is 2.96. The molecule has 2 atom stereocenters. The van der Waals surface area contributed by atoms with Gasteiger partial charge in [0.1, 0.15) is 6.10 Å². The maximum Gasteiger partial charge on any atom is 0.175 e. The number of hydrogen-bond acceptors (Lipinski definition) is 3. The summed E-state index contributed by atoms with van der Waals surface area (Å²) < 4.78 is 12.8. The van der Waals surface area contributed by atoms with Gasteiger partial charge in [0.25, 0.3) is 0 Å². The van der Waals surface area contributed by atoms with Crippen LogP contribution in [0.15, 0.2) is 22.7 Å². The van der Waals surface area contributed by atoms with Crippen molar-refractivity contribution >= 4 is 15.9 Å². The zero-order chi connectivity index (χ0) is 14.2. The van der Waals surface area contributed by atoms with E-state index in [1.165, 1.54) is 25.7 Å². The Morgan fingerprint density at radius 3 is 2.70 bits per heavy atom. The maximum atomic E-state index is 6.36. The zero-order valence-corrected chi connectivity index (χ0v) is 13.7. The molecule has 2 fully saturated rings. The minimum Gasteiger partial charge on any atom is -0.493 e. The summed E-state index contributed by atoms with van der Waals surface area (Å²) >= 11 is 3.58. The largest absolute Gasteiger partial charge is 0.493 e. The molecule has 1 spiro atoms. The van der Waals surface area contributed by atoms with Crippen molar-refractivity contribution in [3.8, 4) is 11.5 Å². The van der Waals surface area contributed by atoms with Crippen LogP contribution >= 0.6 is 15.9 Å². The molecule has 20 heavy (non-hydrogen) atoms. The molecule has 1 aromatic rings. The Morgan fingerprint density at radius 2 is 2.05 bits per heavy atom. The van der Waals surface area contributed by atoms with E-state index in [2.05, 4.69) is 28.3 Å². The van der Waals surface area contributed by atoms with Crippen LogP contribution in [0.1, 0.15) is 32.1 Å². The molecule has 110 valence electrons. The molecular weight excluding hydrogens is 318 g/mol. The van der Waals surface area contributed by atoms with Gasteiger partial charge in [-0.25, -0.2) is 0 Å². The number of rotatable bonds is 4. The lowest BCUT2D eigenvalue weighted by atomic mass is 9.60. The van der Waals surface area contributed by atoms with Gasteiger partial charge in [-0.1, -0.05) is 18.9 Å². The summed E-state index contributed by atoms with van der Waals surface area (Å²) in [5.74, 6) is 1.65. The predicted octanol–water partition coefficient (Wildman–Crippen LogP) is 3.76. The molecule has 0 saturated heterocycles. The first-order valence-corrected chi connectivity index (χ1v) is 8.17. The lowest BCUT2D eigenvalue weighted by Gasteiger charge is -2.53. The minimum atomic E-state index is 0.301. The number of halogens is 1. The van der Waals surface area contributed by atoms with E-state index in [0.717, 1.165) is 22.4 Å². The molecule has 2 aliphatic carbocycles. The van der Waals surface area contributed by atoms with Crippen LogP contribution in [0.25, 0.3) is 0 Å². The highest BCUT2D eigenvalue weighted by Gasteiger charge is 2.57. The second kappa shape index (κ2) is 5.57. The molecule has 0 amide bonds. The van der Waals surface area contributed by atoms with Crippen LogP contribution in [-0.2, 0) is 0 Å². The number of nitrogens with one attached hydrogen (secondary N) is 1. The van der Waals surface area contributed by atoms with E-state index < -0.39 is 0 Å². The van der Waals surface area contributed by atoms with Gasteiger partial charge < -0.3 is 14.8 Å². The summed E-state index contributed by atoms with van der Waals surface area (Å²) in [6, 6.07) is 6.53. The Kier molecular flexibility index (Phi) is 3.95. The molecule has 0 heterocycles. The van der Waals surface area contributed by atoms with Crippen LogP contribution < -0.4 is 14.8 Å².